The van der Waals surface area contributed by atoms with Crippen LogP contribution in [0.2, 0.25) is 0 Å². The molecule has 3 N–H and O–H groups in total. The third-order valence-electron chi connectivity index (χ3n) is 2.74. The van der Waals surface area contributed by atoms with Gasteiger partial charge in [-0.25, -0.2) is 0 Å². The Hall–Kier alpha value is -1.14. The van der Waals surface area contributed by atoms with Gasteiger partial charge in [0.25, 0.3) is 0 Å². The van der Waals surface area contributed by atoms with Gasteiger partial charge in [-0.3, -0.25) is 0 Å². The van der Waals surface area contributed by atoms with E-state index < -0.39 is 24.6 Å². The van der Waals surface area contributed by atoms with Crippen molar-refractivity contribution in [3.05, 3.63) is 29.8 Å². The topological polar surface area (TPSA) is 79.2 Å². The Morgan fingerprint density at radius 3 is 2.65 bits per heavy atom. The van der Waals surface area contributed by atoms with E-state index in [0.717, 1.165) is 5.56 Å². The zero-order valence-electron chi connectivity index (χ0n) is 9.48. The van der Waals surface area contributed by atoms with Crippen LogP contribution in [0.25, 0.3) is 0 Å². The van der Waals surface area contributed by atoms with E-state index in [1.54, 1.807) is 12.1 Å². The zero-order chi connectivity index (χ0) is 12.4. The fraction of sp³-hybridized carbons (Fsp3) is 0.500. The van der Waals surface area contributed by atoms with E-state index >= 15 is 0 Å². The van der Waals surface area contributed by atoms with Gasteiger partial charge in [-0.2, -0.15) is 0 Å². The molecule has 2 rings (SSSR count). The predicted molar refractivity (Wildman–Crippen MR) is 59.6 cm³/mol. The van der Waals surface area contributed by atoms with Crippen molar-refractivity contribution in [1.82, 2.24) is 0 Å². The maximum Gasteiger partial charge on any atom is 0.229 e. The molecule has 0 radical (unpaired) electrons. The lowest BCUT2D eigenvalue weighted by atomic mass is 10.1. The van der Waals surface area contributed by atoms with Crippen LogP contribution < -0.4 is 4.74 Å². The average Bonchev–Trinajstić information content (AvgIpc) is 2.57. The number of hydrogen-bond acceptors (Lipinski definition) is 5. The first-order chi connectivity index (χ1) is 8.11. The van der Waals surface area contributed by atoms with E-state index in [1.807, 2.05) is 19.1 Å². The third kappa shape index (κ3) is 2.58. The summed E-state index contributed by atoms with van der Waals surface area (Å²) in [6, 6.07) is 7.28. The Morgan fingerprint density at radius 1 is 1.29 bits per heavy atom. The summed E-state index contributed by atoms with van der Waals surface area (Å²) < 4.78 is 10.6. The molecule has 0 amide bonds. The lowest BCUT2D eigenvalue weighted by molar-refractivity contribution is -0.116. The van der Waals surface area contributed by atoms with Gasteiger partial charge in [0, 0.05) is 0 Å². The van der Waals surface area contributed by atoms with Crippen molar-refractivity contribution < 1.29 is 24.8 Å². The van der Waals surface area contributed by atoms with Crippen molar-refractivity contribution in [2.45, 2.75) is 31.5 Å². The van der Waals surface area contributed by atoms with Crippen molar-refractivity contribution in [3.8, 4) is 5.75 Å². The summed E-state index contributed by atoms with van der Waals surface area (Å²) in [5.41, 5.74) is 1.02. The highest BCUT2D eigenvalue weighted by Gasteiger charge is 2.43. The number of ether oxygens (including phenoxy) is 2. The molecule has 1 heterocycles. The van der Waals surface area contributed by atoms with Crippen LogP contribution in [-0.4, -0.2) is 46.5 Å². The average molecular weight is 240 g/mol. The van der Waals surface area contributed by atoms with Gasteiger partial charge in [-0.05, 0) is 24.6 Å². The smallest absolute Gasteiger partial charge is 0.229 e. The van der Waals surface area contributed by atoms with Gasteiger partial charge in [-0.1, -0.05) is 12.1 Å². The predicted octanol–water partition coefficient (Wildman–Crippen LogP) is -0.187. The molecule has 1 aliphatic heterocycles. The molecule has 0 unspecified atom stereocenters. The second-order valence-corrected chi connectivity index (χ2v) is 4.14. The van der Waals surface area contributed by atoms with Gasteiger partial charge in [0.15, 0.2) is 0 Å². The molecule has 0 aromatic heterocycles. The number of aliphatic hydroxyl groups excluding tert-OH is 3. The van der Waals surface area contributed by atoms with E-state index in [1.165, 1.54) is 0 Å². The Morgan fingerprint density at radius 2 is 2.06 bits per heavy atom. The molecule has 1 saturated heterocycles. The van der Waals surface area contributed by atoms with Gasteiger partial charge in [-0.15, -0.1) is 0 Å². The molecule has 5 nitrogen and oxygen atoms in total. The second-order valence-electron chi connectivity index (χ2n) is 4.14. The summed E-state index contributed by atoms with van der Waals surface area (Å²) >= 11 is 0. The normalized spacial score (nSPS) is 32.7. The first-order valence-corrected chi connectivity index (χ1v) is 5.47. The molecule has 1 aromatic carbocycles. The Bertz CT molecular complexity index is 381. The molecule has 1 aromatic rings. The molecule has 94 valence electrons. The monoisotopic (exact) mass is 240 g/mol. The molecule has 17 heavy (non-hydrogen) atoms. The lowest BCUT2D eigenvalue weighted by Crippen LogP contribution is -2.35. The number of aryl methyl sites for hydroxylation is 1. The highest BCUT2D eigenvalue weighted by atomic mass is 16.7. The van der Waals surface area contributed by atoms with Crippen LogP contribution in [0.3, 0.4) is 0 Å². The number of aliphatic hydroxyl groups is 3. The van der Waals surface area contributed by atoms with Gasteiger partial charge >= 0.3 is 0 Å². The van der Waals surface area contributed by atoms with Crippen LogP contribution in [-0.2, 0) is 4.74 Å². The lowest BCUT2D eigenvalue weighted by Gasteiger charge is -2.16. The van der Waals surface area contributed by atoms with E-state index in [9.17, 15) is 10.2 Å². The van der Waals surface area contributed by atoms with Crippen molar-refractivity contribution in [2.24, 2.45) is 0 Å². The second kappa shape index (κ2) is 5.01. The van der Waals surface area contributed by atoms with Crippen LogP contribution >= 0.6 is 0 Å². The summed E-state index contributed by atoms with van der Waals surface area (Å²) in [6.07, 6.45) is -4.05. The molecule has 4 atom stereocenters. The standard InChI is InChI=1S/C12H16O5/c1-7-3-2-4-8(5-7)16-12-11(15)10(14)9(6-13)17-12/h2-5,9-15H,6H2,1H3/t9-,10-,11-,12-/m1/s1. The van der Waals surface area contributed by atoms with E-state index in [4.69, 9.17) is 14.6 Å². The summed E-state index contributed by atoms with van der Waals surface area (Å²) in [6.45, 7) is 1.57. The molecule has 5 heteroatoms. The highest BCUT2D eigenvalue weighted by molar-refractivity contribution is 5.27. The molecule has 0 saturated carbocycles. The van der Waals surface area contributed by atoms with Crippen LogP contribution in [0, 0.1) is 6.92 Å². The third-order valence-corrected chi connectivity index (χ3v) is 2.74. The summed E-state index contributed by atoms with van der Waals surface area (Å²) in [5, 5.41) is 28.2. The fourth-order valence-electron chi connectivity index (χ4n) is 1.79. The maximum atomic E-state index is 9.68. The fourth-order valence-corrected chi connectivity index (χ4v) is 1.79. The molecule has 0 spiro atoms. The van der Waals surface area contributed by atoms with Crippen molar-refractivity contribution in [3.63, 3.8) is 0 Å². The number of rotatable bonds is 3. The van der Waals surface area contributed by atoms with E-state index in [2.05, 4.69) is 0 Å². The molecule has 1 aliphatic rings. The Kier molecular flexibility index (Phi) is 3.63. The van der Waals surface area contributed by atoms with Crippen LogP contribution in [0.5, 0.6) is 5.75 Å². The van der Waals surface area contributed by atoms with Gasteiger partial charge in [0.2, 0.25) is 6.29 Å². The quantitative estimate of drug-likeness (QED) is 0.682. The van der Waals surface area contributed by atoms with E-state index in [-0.39, 0.29) is 6.61 Å². The van der Waals surface area contributed by atoms with Gasteiger partial charge in [0.1, 0.15) is 24.1 Å². The Labute approximate surface area is 99.2 Å². The first kappa shape index (κ1) is 12.3. The first-order valence-electron chi connectivity index (χ1n) is 5.47. The highest BCUT2D eigenvalue weighted by Crippen LogP contribution is 2.24. The minimum atomic E-state index is -1.16. The largest absolute Gasteiger partial charge is 0.462 e. The summed E-state index contributed by atoms with van der Waals surface area (Å²) in [7, 11) is 0. The number of benzene rings is 1. The molecule has 1 fully saturated rings. The van der Waals surface area contributed by atoms with Crippen molar-refractivity contribution >= 4 is 0 Å². The molecule has 0 bridgehead atoms. The van der Waals surface area contributed by atoms with Gasteiger partial charge < -0.3 is 24.8 Å². The van der Waals surface area contributed by atoms with Crippen LogP contribution in [0.1, 0.15) is 5.56 Å². The van der Waals surface area contributed by atoms with Crippen molar-refractivity contribution in [1.29, 1.82) is 0 Å². The van der Waals surface area contributed by atoms with E-state index in [0.29, 0.717) is 5.75 Å². The van der Waals surface area contributed by atoms with Crippen LogP contribution in [0.4, 0.5) is 0 Å². The SMILES string of the molecule is Cc1cccc(O[C@@H]2O[C@H](CO)[C@@H](O)[C@H]2O)c1. The maximum absolute atomic E-state index is 9.68. The summed E-state index contributed by atoms with van der Waals surface area (Å²) in [4.78, 5) is 0. The minimum absolute atomic E-state index is 0.355. The van der Waals surface area contributed by atoms with Gasteiger partial charge in [0.05, 0.1) is 6.61 Å². The summed E-state index contributed by atoms with van der Waals surface area (Å²) in [5.74, 6) is 0.555. The molecular weight excluding hydrogens is 224 g/mol. The number of hydrogen-bond donors (Lipinski definition) is 3. The zero-order valence-corrected chi connectivity index (χ0v) is 9.48. The van der Waals surface area contributed by atoms with Crippen molar-refractivity contribution in [2.75, 3.05) is 6.61 Å². The van der Waals surface area contributed by atoms with Crippen LogP contribution in [0.15, 0.2) is 24.3 Å². The minimum Gasteiger partial charge on any atom is -0.462 e. The molecular formula is C12H16O5. The molecule has 0 aliphatic carbocycles. The Balaban J connectivity index is 2.05.